The van der Waals surface area contributed by atoms with Crippen molar-refractivity contribution in [2.24, 2.45) is 0 Å². The molecule has 0 radical (unpaired) electrons. The van der Waals surface area contributed by atoms with Gasteiger partial charge >= 0.3 is 0 Å². The van der Waals surface area contributed by atoms with Crippen LogP contribution < -0.4 is 4.90 Å². The molecule has 0 spiro atoms. The smallest absolute Gasteiger partial charge is 0.133 e. The van der Waals surface area contributed by atoms with E-state index in [-0.39, 0.29) is 0 Å². The molecule has 5 heteroatoms. The minimum absolute atomic E-state index is 0.773. The molecule has 0 atom stereocenters. The highest BCUT2D eigenvalue weighted by atomic mass is 32.2. The van der Waals surface area contributed by atoms with Gasteiger partial charge in [0.05, 0.1) is 13.2 Å². The highest BCUT2D eigenvalue weighted by molar-refractivity contribution is 7.98. The fourth-order valence-electron chi connectivity index (χ4n) is 2.48. The molecule has 3 rings (SSSR count). The van der Waals surface area contributed by atoms with Crippen molar-refractivity contribution in [2.45, 2.75) is 24.6 Å². The number of aromatic nitrogens is 2. The Morgan fingerprint density at radius 1 is 1.14 bits per heavy atom. The average molecular weight is 315 g/mol. The molecule has 22 heavy (non-hydrogen) atoms. The third-order valence-corrected chi connectivity index (χ3v) is 4.82. The van der Waals surface area contributed by atoms with Crippen LogP contribution in [-0.4, -0.2) is 36.3 Å². The zero-order valence-corrected chi connectivity index (χ0v) is 13.9. The molecule has 0 saturated carbocycles. The molecule has 2 aromatic rings. The Balaban J connectivity index is 1.68. The third-order valence-electron chi connectivity index (χ3n) is 3.84. The summed E-state index contributed by atoms with van der Waals surface area (Å²) in [7, 11) is 0. The van der Waals surface area contributed by atoms with Crippen LogP contribution in [0, 0.1) is 13.8 Å². The molecule has 4 nitrogen and oxygen atoms in total. The van der Waals surface area contributed by atoms with E-state index in [4.69, 9.17) is 4.74 Å². The molecule has 1 aromatic heterocycles. The number of ether oxygens (including phenoxy) is 1. The number of rotatable bonds is 4. The lowest BCUT2D eigenvalue weighted by Crippen LogP contribution is -2.36. The molecule has 0 aliphatic carbocycles. The second-order valence-corrected chi connectivity index (χ2v) is 6.53. The predicted molar refractivity (Wildman–Crippen MR) is 90.5 cm³/mol. The normalized spacial score (nSPS) is 15.1. The van der Waals surface area contributed by atoms with Gasteiger partial charge in [-0.15, -0.1) is 11.8 Å². The fraction of sp³-hybridized carbons (Fsp3) is 0.412. The lowest BCUT2D eigenvalue weighted by atomic mass is 10.1. The molecule has 0 bridgehead atoms. The standard InChI is InChI=1S/C17H21N3OS/c1-13-3-4-14(2)15(9-13)11-22-17-10-16(18-12-19-17)20-5-7-21-8-6-20/h3-4,9-10,12H,5-8,11H2,1-2H3. The van der Waals surface area contributed by atoms with Gasteiger partial charge in [-0.25, -0.2) is 9.97 Å². The monoisotopic (exact) mass is 315 g/mol. The number of morpholine rings is 1. The summed E-state index contributed by atoms with van der Waals surface area (Å²) < 4.78 is 5.39. The summed E-state index contributed by atoms with van der Waals surface area (Å²) in [5.41, 5.74) is 4.01. The van der Waals surface area contributed by atoms with Crippen LogP contribution >= 0.6 is 11.8 Å². The van der Waals surface area contributed by atoms with E-state index in [1.165, 1.54) is 16.7 Å². The minimum Gasteiger partial charge on any atom is -0.378 e. The Morgan fingerprint density at radius 3 is 2.77 bits per heavy atom. The zero-order valence-electron chi connectivity index (χ0n) is 13.1. The Kier molecular flexibility index (Phi) is 4.95. The van der Waals surface area contributed by atoms with E-state index in [2.05, 4.69) is 53.0 Å². The molecule has 1 aliphatic heterocycles. The summed E-state index contributed by atoms with van der Waals surface area (Å²) in [4.78, 5) is 11.0. The number of aryl methyl sites for hydroxylation is 2. The maximum atomic E-state index is 5.39. The minimum atomic E-state index is 0.773. The highest BCUT2D eigenvalue weighted by Crippen LogP contribution is 2.25. The van der Waals surface area contributed by atoms with Crippen molar-refractivity contribution < 1.29 is 4.74 Å². The second kappa shape index (κ2) is 7.11. The highest BCUT2D eigenvalue weighted by Gasteiger charge is 2.13. The maximum Gasteiger partial charge on any atom is 0.133 e. The van der Waals surface area contributed by atoms with Crippen LogP contribution in [0.3, 0.4) is 0 Å². The molecular formula is C17H21N3OS. The second-order valence-electron chi connectivity index (χ2n) is 5.53. The average Bonchev–Trinajstić information content (AvgIpc) is 2.57. The van der Waals surface area contributed by atoms with Crippen molar-refractivity contribution in [1.29, 1.82) is 0 Å². The number of thioether (sulfide) groups is 1. The van der Waals surface area contributed by atoms with Crippen LogP contribution in [0.4, 0.5) is 5.82 Å². The van der Waals surface area contributed by atoms with Gasteiger partial charge in [-0.05, 0) is 25.0 Å². The summed E-state index contributed by atoms with van der Waals surface area (Å²) in [5, 5.41) is 1.03. The van der Waals surface area contributed by atoms with Crippen LogP contribution in [-0.2, 0) is 10.5 Å². The van der Waals surface area contributed by atoms with Crippen LogP contribution in [0.15, 0.2) is 35.6 Å². The molecule has 116 valence electrons. The Morgan fingerprint density at radius 2 is 1.95 bits per heavy atom. The van der Waals surface area contributed by atoms with Gasteiger partial charge in [0.15, 0.2) is 0 Å². The molecule has 1 fully saturated rings. The van der Waals surface area contributed by atoms with E-state index in [0.717, 1.165) is 42.9 Å². The Hall–Kier alpha value is -1.59. The van der Waals surface area contributed by atoms with E-state index in [1.54, 1.807) is 18.1 Å². The van der Waals surface area contributed by atoms with Crippen LogP contribution in [0.5, 0.6) is 0 Å². The van der Waals surface area contributed by atoms with E-state index < -0.39 is 0 Å². The molecule has 0 N–H and O–H groups in total. The van der Waals surface area contributed by atoms with E-state index in [9.17, 15) is 0 Å². The maximum absolute atomic E-state index is 5.39. The van der Waals surface area contributed by atoms with Gasteiger partial charge in [0.25, 0.3) is 0 Å². The van der Waals surface area contributed by atoms with Crippen LogP contribution in [0.25, 0.3) is 0 Å². The van der Waals surface area contributed by atoms with Gasteiger partial charge < -0.3 is 9.64 Å². The van der Waals surface area contributed by atoms with E-state index in [0.29, 0.717) is 0 Å². The summed E-state index contributed by atoms with van der Waals surface area (Å²) in [5.74, 6) is 1.94. The van der Waals surface area contributed by atoms with E-state index in [1.807, 2.05) is 0 Å². The first-order chi connectivity index (χ1) is 10.7. The number of hydrogen-bond donors (Lipinski definition) is 0. The van der Waals surface area contributed by atoms with Gasteiger partial charge in [0.2, 0.25) is 0 Å². The number of hydrogen-bond acceptors (Lipinski definition) is 5. The zero-order chi connectivity index (χ0) is 15.4. The Labute approximate surface area is 135 Å². The SMILES string of the molecule is Cc1ccc(C)c(CSc2cc(N3CCOCC3)ncn2)c1. The quantitative estimate of drug-likeness (QED) is 0.640. The van der Waals surface area contributed by atoms with E-state index >= 15 is 0 Å². The first kappa shape index (κ1) is 15.3. The molecule has 0 amide bonds. The molecule has 1 saturated heterocycles. The number of anilines is 1. The van der Waals surface area contributed by atoms with Crippen LogP contribution in [0.1, 0.15) is 16.7 Å². The van der Waals surface area contributed by atoms with Crippen molar-refractivity contribution in [1.82, 2.24) is 9.97 Å². The summed E-state index contributed by atoms with van der Waals surface area (Å²) in [6.45, 7) is 7.64. The summed E-state index contributed by atoms with van der Waals surface area (Å²) >= 11 is 1.77. The topological polar surface area (TPSA) is 38.2 Å². The fourth-order valence-corrected chi connectivity index (χ4v) is 3.41. The number of nitrogens with zero attached hydrogens (tertiary/aromatic N) is 3. The summed E-state index contributed by atoms with van der Waals surface area (Å²) in [6.07, 6.45) is 1.66. The predicted octanol–water partition coefficient (Wildman–Crippen LogP) is 3.22. The Bertz CT molecular complexity index is 642. The third kappa shape index (κ3) is 3.78. The lowest BCUT2D eigenvalue weighted by molar-refractivity contribution is 0.122. The largest absolute Gasteiger partial charge is 0.378 e. The lowest BCUT2D eigenvalue weighted by Gasteiger charge is -2.27. The van der Waals surface area contributed by atoms with Crippen molar-refractivity contribution in [2.75, 3.05) is 31.2 Å². The number of benzene rings is 1. The van der Waals surface area contributed by atoms with Crippen molar-refractivity contribution >= 4 is 17.6 Å². The summed E-state index contributed by atoms with van der Waals surface area (Å²) in [6, 6.07) is 8.68. The van der Waals surface area contributed by atoms with Gasteiger partial charge in [-0.3, -0.25) is 0 Å². The first-order valence-electron chi connectivity index (χ1n) is 7.56. The molecule has 0 unspecified atom stereocenters. The van der Waals surface area contributed by atoms with Crippen molar-refractivity contribution in [3.05, 3.63) is 47.3 Å². The molecule has 1 aliphatic rings. The van der Waals surface area contributed by atoms with Gasteiger partial charge in [0.1, 0.15) is 17.2 Å². The molecule has 2 heterocycles. The van der Waals surface area contributed by atoms with Crippen molar-refractivity contribution in [3.8, 4) is 0 Å². The first-order valence-corrected chi connectivity index (χ1v) is 8.54. The van der Waals surface area contributed by atoms with Gasteiger partial charge in [0, 0.05) is 24.9 Å². The van der Waals surface area contributed by atoms with Gasteiger partial charge in [-0.2, -0.15) is 0 Å². The van der Waals surface area contributed by atoms with Crippen LogP contribution in [0.2, 0.25) is 0 Å². The van der Waals surface area contributed by atoms with Crippen molar-refractivity contribution in [3.63, 3.8) is 0 Å². The van der Waals surface area contributed by atoms with Gasteiger partial charge in [-0.1, -0.05) is 23.8 Å². The molecular weight excluding hydrogens is 294 g/mol. The molecule has 1 aromatic carbocycles.